The Kier molecular flexibility index (Phi) is 25.0. The summed E-state index contributed by atoms with van der Waals surface area (Å²) in [6.45, 7) is 10.7. The summed E-state index contributed by atoms with van der Waals surface area (Å²) in [5.74, 6) is -6.25. The van der Waals surface area contributed by atoms with E-state index in [0.717, 1.165) is 74.5 Å². The van der Waals surface area contributed by atoms with E-state index in [1.165, 1.54) is 43.2 Å². The van der Waals surface area contributed by atoms with Crippen molar-refractivity contribution in [1.29, 1.82) is 0 Å². The van der Waals surface area contributed by atoms with Crippen LogP contribution in [0.3, 0.4) is 0 Å². The van der Waals surface area contributed by atoms with Crippen LogP contribution in [0, 0.1) is 0 Å². The molecule has 8 aromatic rings. The number of aromatic nitrogens is 7. The molecule has 13 heterocycles. The van der Waals surface area contributed by atoms with Crippen LogP contribution >= 0.6 is 56.7 Å². The van der Waals surface area contributed by atoms with Gasteiger partial charge in [-0.05, 0) is 59.5 Å². The van der Waals surface area contributed by atoms with Crippen LogP contribution in [0.5, 0.6) is 5.75 Å². The summed E-state index contributed by atoms with van der Waals surface area (Å²) < 4.78 is 50.5. The predicted octanol–water partition coefficient (Wildman–Crippen LogP) is 3.53. The highest BCUT2D eigenvalue weighted by molar-refractivity contribution is 7.14. The number of morpholine rings is 2. The van der Waals surface area contributed by atoms with Crippen LogP contribution in [0.25, 0.3) is 49.3 Å². The van der Waals surface area contributed by atoms with Gasteiger partial charge < -0.3 is 100 Å². The standard InChI is InChI=1S/C72H83N17O20S5/c1-34(90)50-62(95)84-51(35(2)101-7)65-80-45(33-113-65)61(94)85-54-56-57(108-48-24-72(4,100)58(86(5)6)36(3)107-48)69(97)105-26-37-9-8-10-46-49(37)40(27-104-56)55(89(46)109-71(99)74-12-14-88-17-21-103-22-18-88)68(96)106-28-41(77-59(92)43-32-114-67(54)81-43)64-78-42(30-112-64)52-39(63-79-44(31-111-63)60(93)83-50)23-47(91)53(82-52)66-76-38(29-110-66)25-75-70(98)73-11-13-87-15-19-102-20-16-87/h8-10,23,29-34,36,41,48,50,54,56-58,90-91,100H,11-22,24-28H2,1-7H3,(H,74,99)(H,77,92)(H,83,93)(H,84,95)(H,85,94)(H2,73,75,98)/b51-35+. The molecule has 42 heteroatoms. The molecule has 0 spiro atoms. The Labute approximate surface area is 671 Å². The number of benzene rings is 1. The number of carbonyl (C=O) groups excluding carboxylic acids is 8. The number of esters is 2. The smallest absolute Gasteiger partial charge is 0.432 e. The first-order valence-corrected chi connectivity index (χ1v) is 40.8. The number of nitrogens with one attached hydrogen (secondary N) is 7. The van der Waals surface area contributed by atoms with Crippen molar-refractivity contribution in [3.63, 3.8) is 0 Å². The monoisotopic (exact) mass is 1670 g/mol. The third kappa shape index (κ3) is 17.9. The van der Waals surface area contributed by atoms with Crippen LogP contribution in [-0.2, 0) is 67.2 Å². The zero-order valence-electron chi connectivity index (χ0n) is 62.7. The number of likely N-dealkylation sites (N-methyl/N-ethyl adjacent to an activating group) is 1. The molecule has 0 aliphatic carbocycles. The number of hydrogen-bond donors (Lipinski definition) is 10. The van der Waals surface area contributed by atoms with Gasteiger partial charge in [0.15, 0.2) is 18.1 Å². The highest BCUT2D eigenvalue weighted by Gasteiger charge is 2.50. The quantitative estimate of drug-likeness (QED) is 0.0518. The van der Waals surface area contributed by atoms with Crippen molar-refractivity contribution >= 4 is 121 Å². The third-order valence-electron chi connectivity index (χ3n) is 19.8. The summed E-state index contributed by atoms with van der Waals surface area (Å²) in [4.78, 5) is 160. The predicted molar refractivity (Wildman–Crippen MR) is 412 cm³/mol. The fraction of sp³-hybridized carbons (Fsp3) is 0.472. The maximum absolute atomic E-state index is 15.8. The number of nitrogens with zero attached hydrogens (tertiary/aromatic N) is 10. The molecule has 0 radical (unpaired) electrons. The number of pyridine rings is 1. The first-order valence-electron chi connectivity index (χ1n) is 36.4. The Balaban J connectivity index is 0.911. The number of hydrogen-bond acceptors (Lipinski definition) is 34. The van der Waals surface area contributed by atoms with Gasteiger partial charge in [0.1, 0.15) is 114 Å². The number of amides is 7. The van der Waals surface area contributed by atoms with Gasteiger partial charge in [-0.15, -0.1) is 56.7 Å². The molecule has 14 rings (SSSR count). The highest BCUT2D eigenvalue weighted by atomic mass is 32.1. The van der Waals surface area contributed by atoms with Gasteiger partial charge in [-0.1, -0.05) is 12.1 Å². The Bertz CT molecular complexity index is 4960. The molecule has 3 fully saturated rings. The van der Waals surface area contributed by atoms with E-state index in [1.807, 2.05) is 0 Å². The Morgan fingerprint density at radius 2 is 1.41 bits per heavy atom. The summed E-state index contributed by atoms with van der Waals surface area (Å²) in [5.41, 5.74) is -1.77. The molecule has 114 heavy (non-hydrogen) atoms. The molecule has 37 nitrogen and oxygen atoms in total. The van der Waals surface area contributed by atoms with Crippen molar-refractivity contribution in [3.8, 4) is 38.4 Å². The molecule has 6 aliphatic rings. The van der Waals surface area contributed by atoms with E-state index >= 15 is 19.2 Å². The van der Waals surface area contributed by atoms with E-state index in [4.69, 9.17) is 62.7 Å². The number of urea groups is 1. The van der Waals surface area contributed by atoms with E-state index in [0.29, 0.717) is 64.8 Å². The second-order valence-corrected chi connectivity index (χ2v) is 32.3. The average Bonchev–Trinajstić information content (AvgIpc) is 1.58. The normalized spacial score (nSPS) is 24.2. The number of aromatic hydroxyl groups is 1. The number of carbonyl (C=O) groups is 8. The lowest BCUT2D eigenvalue weighted by Gasteiger charge is -2.48. The summed E-state index contributed by atoms with van der Waals surface area (Å²) in [6.07, 6.45) is -8.69. The Hall–Kier alpha value is -9.64. The minimum atomic E-state index is -1.96. The second kappa shape index (κ2) is 35.2. The zero-order chi connectivity index (χ0) is 80.2. The van der Waals surface area contributed by atoms with Gasteiger partial charge in [0.05, 0.1) is 81.8 Å². The van der Waals surface area contributed by atoms with Gasteiger partial charge in [-0.25, -0.2) is 49.1 Å². The molecule has 6 aliphatic heterocycles. The van der Waals surface area contributed by atoms with E-state index in [2.05, 4.69) is 57.0 Å². The maximum Gasteiger partial charge on any atom is 0.432 e. The number of fused-ring (bicyclic) bond motifs is 15. The summed E-state index contributed by atoms with van der Waals surface area (Å²) in [6, 6.07) is 0.367. The van der Waals surface area contributed by atoms with Crippen molar-refractivity contribution in [1.82, 2.24) is 86.6 Å². The first kappa shape index (κ1) is 80.9. The SMILES string of the molecule is CO/C(C)=C1/NC(=O)C(C(C)O)NC(=O)c2csc(n2)-c2cc(O)c(-c3nc(CNC(=O)NCCN4CCOCC4)cs3)nc2-c2csc(n2)C2COC(=O)c3c4c5c(cccc5n3OC(=O)NCCN3CCOCC3)COC(=O)C(OC3CC(C)(O)C(N(C)C)C(C)O3)C(OC4)C(NC(=O)c3csc1n3)c1nc(cs1)C(=O)N2. The number of ether oxygens (including phenoxy) is 8. The topological polar surface area (TPSA) is 457 Å². The van der Waals surface area contributed by atoms with Crippen LogP contribution in [0.15, 0.2) is 56.9 Å². The van der Waals surface area contributed by atoms with Crippen molar-refractivity contribution in [3.05, 3.63) is 112 Å². The molecule has 7 amide bonds. The van der Waals surface area contributed by atoms with Crippen LogP contribution in [0.1, 0.15) is 120 Å². The number of rotatable bonds is 15. The maximum atomic E-state index is 15.8. The first-order chi connectivity index (χ1) is 54.9. The van der Waals surface area contributed by atoms with Gasteiger partial charge in [-0.2, -0.15) is 4.73 Å². The number of methoxy groups -OCH3 is 1. The zero-order valence-corrected chi connectivity index (χ0v) is 66.8. The number of aliphatic hydroxyl groups is 2. The molecule has 1 aromatic carbocycles. The van der Waals surface area contributed by atoms with E-state index < -0.39 is 139 Å². The van der Waals surface area contributed by atoms with Crippen molar-refractivity contribution in [2.75, 3.05) is 107 Å². The Morgan fingerprint density at radius 3 is 2.12 bits per heavy atom. The summed E-state index contributed by atoms with van der Waals surface area (Å²) >= 11 is 4.81. The van der Waals surface area contributed by atoms with E-state index in [-0.39, 0.29) is 118 Å². The molecule has 10 N–H and O–H groups in total. The molecule has 12 bridgehead atoms. The van der Waals surface area contributed by atoms with Gasteiger partial charge in [0.25, 0.3) is 17.7 Å². The largest absolute Gasteiger partial charge is 0.506 e. The van der Waals surface area contributed by atoms with Crippen LogP contribution in [0.4, 0.5) is 9.59 Å². The molecule has 7 aromatic heterocycles. The van der Waals surface area contributed by atoms with Crippen LogP contribution < -0.4 is 42.1 Å². The lowest BCUT2D eigenvalue weighted by Crippen LogP contribution is -2.62. The molecule has 0 saturated carbocycles. The van der Waals surface area contributed by atoms with Gasteiger partial charge in [-0.3, -0.25) is 29.0 Å². The summed E-state index contributed by atoms with van der Waals surface area (Å²) in [7, 11) is 4.87. The van der Waals surface area contributed by atoms with Crippen LogP contribution in [0.2, 0.25) is 0 Å². The second-order valence-electron chi connectivity index (χ2n) is 27.9. The summed E-state index contributed by atoms with van der Waals surface area (Å²) in [5, 5.41) is 63.1. The van der Waals surface area contributed by atoms with Gasteiger partial charge in [0.2, 0.25) is 5.91 Å². The lowest BCUT2D eigenvalue weighted by molar-refractivity contribution is -0.280. The molecular formula is C72H83N17O20S5. The van der Waals surface area contributed by atoms with E-state index in [1.54, 1.807) is 61.8 Å². The lowest BCUT2D eigenvalue weighted by atomic mass is 9.85. The fourth-order valence-corrected chi connectivity index (χ4v) is 18.4. The van der Waals surface area contributed by atoms with Crippen molar-refractivity contribution in [2.24, 2.45) is 0 Å². The fourth-order valence-electron chi connectivity index (χ4n) is 14.2. The number of cyclic esters (lactones) is 2. The van der Waals surface area contributed by atoms with E-state index in [9.17, 15) is 34.5 Å². The molecule has 10 atom stereocenters. The average molecular weight is 1670 g/mol. The minimum Gasteiger partial charge on any atom is -0.506 e. The third-order valence-corrected chi connectivity index (χ3v) is 24.3. The molecule has 606 valence electrons. The molecular weight excluding hydrogens is 1580 g/mol. The molecule has 3 saturated heterocycles. The van der Waals surface area contributed by atoms with Gasteiger partial charge in [0, 0.05) is 102 Å². The minimum absolute atomic E-state index is 0.00128. The number of allylic oxidation sites excluding steroid dienone is 1. The number of thiazole rings is 5. The molecule has 10 unspecified atom stereocenters. The van der Waals surface area contributed by atoms with Crippen molar-refractivity contribution < 1.29 is 96.4 Å². The number of aliphatic hydroxyl groups excluding tert-OH is 1. The Morgan fingerprint density at radius 1 is 0.763 bits per heavy atom. The van der Waals surface area contributed by atoms with Crippen molar-refractivity contribution in [2.45, 2.75) is 114 Å². The van der Waals surface area contributed by atoms with Gasteiger partial charge >= 0.3 is 24.1 Å². The van der Waals surface area contributed by atoms with Crippen LogP contribution in [-0.4, -0.2) is 267 Å². The highest BCUT2D eigenvalue weighted by Crippen LogP contribution is 2.43.